The molecule has 0 aliphatic rings. The first-order chi connectivity index (χ1) is 18.9. The zero-order chi connectivity index (χ0) is 27.2. The number of hydrogen-bond acceptors (Lipinski definition) is 1. The van der Waals surface area contributed by atoms with Crippen molar-refractivity contribution in [3.8, 4) is 0 Å². The second kappa shape index (κ2) is 29.1. The van der Waals surface area contributed by atoms with Gasteiger partial charge in [0.05, 0.1) is 0 Å². The van der Waals surface area contributed by atoms with Gasteiger partial charge in [-0.15, -0.1) is 0 Å². The molecule has 0 aliphatic heterocycles. The second-order valence-electron chi connectivity index (χ2n) is 12.2. The molecule has 1 rings (SSSR count). The standard InChI is InChI=1S/C37H68N/c1-3-5-7-9-11-13-15-17-19-21-23-25-27-29-32-36-34-31-35-37(38-36)33-30-28-26-24-22-20-18-16-14-12-10-8-6-4-2/h34-35H,3-30,32-33H2,1-2H3. The molecule has 38 heavy (non-hydrogen) atoms. The summed E-state index contributed by atoms with van der Waals surface area (Å²) in [5, 5.41) is 0. The minimum atomic E-state index is 1.14. The molecule has 0 bridgehead atoms. The van der Waals surface area contributed by atoms with Crippen LogP contribution >= 0.6 is 0 Å². The molecular formula is C37H68N. The van der Waals surface area contributed by atoms with E-state index in [9.17, 15) is 0 Å². The fourth-order valence-corrected chi connectivity index (χ4v) is 5.74. The first kappa shape index (κ1) is 35.2. The summed E-state index contributed by atoms with van der Waals surface area (Å²) in [7, 11) is 0. The summed E-state index contributed by atoms with van der Waals surface area (Å²) < 4.78 is 0. The molecule has 0 spiro atoms. The van der Waals surface area contributed by atoms with Crippen LogP contribution in [0.15, 0.2) is 12.1 Å². The molecular weight excluding hydrogens is 458 g/mol. The molecule has 1 nitrogen and oxygen atoms in total. The molecule has 0 aliphatic carbocycles. The van der Waals surface area contributed by atoms with Gasteiger partial charge in [-0.05, 0) is 43.9 Å². The molecule has 0 amide bonds. The van der Waals surface area contributed by atoms with E-state index in [1.165, 1.54) is 191 Å². The molecule has 0 atom stereocenters. The maximum atomic E-state index is 4.94. The van der Waals surface area contributed by atoms with Crippen molar-refractivity contribution >= 4 is 0 Å². The molecule has 1 aromatic heterocycles. The Morgan fingerprint density at radius 2 is 0.605 bits per heavy atom. The van der Waals surface area contributed by atoms with Gasteiger partial charge in [-0.2, -0.15) is 0 Å². The number of hydrogen-bond donors (Lipinski definition) is 0. The van der Waals surface area contributed by atoms with Crippen LogP contribution in [0.3, 0.4) is 0 Å². The minimum absolute atomic E-state index is 1.14. The molecule has 0 saturated heterocycles. The maximum Gasteiger partial charge on any atom is 0.0413 e. The van der Waals surface area contributed by atoms with E-state index < -0.39 is 0 Å². The average molecular weight is 527 g/mol. The van der Waals surface area contributed by atoms with E-state index in [1.807, 2.05) is 0 Å². The fraction of sp³-hybridized carbons (Fsp3) is 0.865. The molecule has 221 valence electrons. The lowest BCUT2D eigenvalue weighted by molar-refractivity contribution is 0.534. The Morgan fingerprint density at radius 1 is 0.368 bits per heavy atom. The van der Waals surface area contributed by atoms with Gasteiger partial charge < -0.3 is 0 Å². The summed E-state index contributed by atoms with van der Waals surface area (Å²) in [5.41, 5.74) is 2.54. The van der Waals surface area contributed by atoms with Crippen molar-refractivity contribution in [1.29, 1.82) is 0 Å². The smallest absolute Gasteiger partial charge is 0.0413 e. The normalized spacial score (nSPS) is 11.4. The van der Waals surface area contributed by atoms with Crippen molar-refractivity contribution in [2.45, 2.75) is 206 Å². The van der Waals surface area contributed by atoms with Crippen LogP contribution in [-0.4, -0.2) is 4.98 Å². The summed E-state index contributed by atoms with van der Waals surface area (Å²) in [6, 6.07) is 7.61. The van der Waals surface area contributed by atoms with Crippen molar-refractivity contribution < 1.29 is 0 Å². The molecule has 0 N–H and O–H groups in total. The Morgan fingerprint density at radius 3 is 0.868 bits per heavy atom. The van der Waals surface area contributed by atoms with Crippen molar-refractivity contribution in [2.24, 2.45) is 0 Å². The molecule has 0 saturated carbocycles. The Hall–Kier alpha value is -0.850. The third kappa shape index (κ3) is 24.2. The van der Waals surface area contributed by atoms with Crippen LogP contribution in [0.1, 0.15) is 205 Å². The van der Waals surface area contributed by atoms with Crippen molar-refractivity contribution in [3.63, 3.8) is 0 Å². The zero-order valence-electron chi connectivity index (χ0n) is 26.3. The van der Waals surface area contributed by atoms with Gasteiger partial charge >= 0.3 is 0 Å². The number of pyridine rings is 1. The van der Waals surface area contributed by atoms with Crippen LogP contribution in [0.4, 0.5) is 0 Å². The van der Waals surface area contributed by atoms with Crippen molar-refractivity contribution in [2.75, 3.05) is 0 Å². The number of aromatic nitrogens is 1. The first-order valence-electron chi connectivity index (χ1n) is 17.7. The van der Waals surface area contributed by atoms with E-state index >= 15 is 0 Å². The third-order valence-electron chi connectivity index (χ3n) is 8.36. The molecule has 1 heterocycles. The van der Waals surface area contributed by atoms with Crippen LogP contribution in [0, 0.1) is 6.07 Å². The third-order valence-corrected chi connectivity index (χ3v) is 8.36. The van der Waals surface area contributed by atoms with Crippen LogP contribution in [0.2, 0.25) is 0 Å². The van der Waals surface area contributed by atoms with Crippen molar-refractivity contribution in [3.05, 3.63) is 29.6 Å². The predicted octanol–water partition coefficient (Wildman–Crippen LogP) is 12.9. The van der Waals surface area contributed by atoms with Crippen LogP contribution in [0.25, 0.3) is 0 Å². The Kier molecular flexibility index (Phi) is 27.0. The van der Waals surface area contributed by atoms with E-state index in [1.54, 1.807) is 0 Å². The van der Waals surface area contributed by atoms with Gasteiger partial charge in [0.2, 0.25) is 0 Å². The van der Waals surface area contributed by atoms with Gasteiger partial charge in [0.15, 0.2) is 0 Å². The highest BCUT2D eigenvalue weighted by atomic mass is 14.7. The molecule has 1 heteroatoms. The molecule has 0 unspecified atom stereocenters. The minimum Gasteiger partial charge on any atom is -0.258 e. The van der Waals surface area contributed by atoms with Crippen LogP contribution in [-0.2, 0) is 12.8 Å². The number of aryl methyl sites for hydroxylation is 2. The van der Waals surface area contributed by atoms with Gasteiger partial charge in [-0.25, -0.2) is 0 Å². The molecule has 0 aromatic carbocycles. The Bertz CT molecular complexity index is 533. The largest absolute Gasteiger partial charge is 0.258 e. The van der Waals surface area contributed by atoms with Gasteiger partial charge in [-0.3, -0.25) is 4.98 Å². The van der Waals surface area contributed by atoms with Gasteiger partial charge in [0, 0.05) is 11.4 Å². The Labute approximate surface area is 240 Å². The number of nitrogens with zero attached hydrogens (tertiary/aromatic N) is 1. The molecule has 1 radical (unpaired) electrons. The highest BCUT2D eigenvalue weighted by Crippen LogP contribution is 2.16. The first-order valence-corrected chi connectivity index (χ1v) is 17.7. The van der Waals surface area contributed by atoms with Crippen molar-refractivity contribution in [1.82, 2.24) is 4.98 Å². The highest BCUT2D eigenvalue weighted by Gasteiger charge is 2.01. The van der Waals surface area contributed by atoms with Gasteiger partial charge in [0.25, 0.3) is 0 Å². The van der Waals surface area contributed by atoms with E-state index in [0.717, 1.165) is 12.8 Å². The molecule has 1 aromatic rings. The average Bonchev–Trinajstić information content (AvgIpc) is 2.93. The number of unbranched alkanes of at least 4 members (excludes halogenated alkanes) is 26. The zero-order valence-corrected chi connectivity index (χ0v) is 26.3. The second-order valence-corrected chi connectivity index (χ2v) is 12.2. The van der Waals surface area contributed by atoms with Gasteiger partial charge in [-0.1, -0.05) is 181 Å². The SMILES string of the molecule is CCCCCCCCCCCCCCCCc1c[c]cc(CCCCCCCCCCCCCCCC)n1. The highest BCUT2D eigenvalue weighted by molar-refractivity contribution is 5.10. The topological polar surface area (TPSA) is 12.9 Å². The van der Waals surface area contributed by atoms with Crippen LogP contribution in [0.5, 0.6) is 0 Å². The lowest BCUT2D eigenvalue weighted by Gasteiger charge is -2.06. The monoisotopic (exact) mass is 527 g/mol. The summed E-state index contributed by atoms with van der Waals surface area (Å²) in [5.74, 6) is 0. The summed E-state index contributed by atoms with van der Waals surface area (Å²) in [6.07, 6.45) is 42.1. The predicted molar refractivity (Wildman–Crippen MR) is 171 cm³/mol. The summed E-state index contributed by atoms with van der Waals surface area (Å²) >= 11 is 0. The summed E-state index contributed by atoms with van der Waals surface area (Å²) in [4.78, 5) is 4.94. The van der Waals surface area contributed by atoms with E-state index in [0.29, 0.717) is 0 Å². The van der Waals surface area contributed by atoms with Gasteiger partial charge in [0.1, 0.15) is 0 Å². The quantitative estimate of drug-likeness (QED) is 0.0908. The van der Waals surface area contributed by atoms with E-state index in [-0.39, 0.29) is 0 Å². The van der Waals surface area contributed by atoms with Crippen LogP contribution < -0.4 is 0 Å². The van der Waals surface area contributed by atoms with E-state index in [2.05, 4.69) is 32.0 Å². The number of rotatable bonds is 30. The lowest BCUT2D eigenvalue weighted by Crippen LogP contribution is -1.96. The maximum absolute atomic E-state index is 4.94. The van der Waals surface area contributed by atoms with E-state index in [4.69, 9.17) is 4.98 Å². The lowest BCUT2D eigenvalue weighted by atomic mass is 10.0. The fourth-order valence-electron chi connectivity index (χ4n) is 5.74. The summed E-state index contributed by atoms with van der Waals surface area (Å²) in [6.45, 7) is 4.60. The molecule has 0 fully saturated rings. The Balaban J connectivity index is 1.88.